The molecule has 0 unspecified atom stereocenters. The highest BCUT2D eigenvalue weighted by Gasteiger charge is 2.64. The number of hydrogen-bond acceptors (Lipinski definition) is 8. The maximum absolute atomic E-state index is 13.6. The number of fused-ring (bicyclic) bond motifs is 3. The number of nitrogens with two attached hydrogens (primary N) is 1. The van der Waals surface area contributed by atoms with Crippen molar-refractivity contribution in [3.05, 3.63) is 94.5 Å². The fourth-order valence-electron chi connectivity index (χ4n) is 5.54. The Kier molecular flexibility index (Phi) is 5.35. The van der Waals surface area contributed by atoms with Crippen molar-refractivity contribution in [1.82, 2.24) is 0 Å². The number of carbonyl (C=O) groups excluding carboxylic acids is 3. The quantitative estimate of drug-likeness (QED) is 0.408. The van der Waals surface area contributed by atoms with Gasteiger partial charge in [0.15, 0.2) is 11.4 Å². The van der Waals surface area contributed by atoms with Gasteiger partial charge in [0.05, 0.1) is 23.8 Å². The van der Waals surface area contributed by atoms with Crippen molar-refractivity contribution in [2.75, 3.05) is 0 Å². The molecule has 9 heteroatoms. The molecule has 1 amide bonds. The second-order valence-corrected chi connectivity index (χ2v) is 9.15. The number of rotatable bonds is 4. The largest absolute Gasteiger partial charge is 0.511 e. The van der Waals surface area contributed by atoms with Crippen LogP contribution in [0.4, 0.5) is 0 Å². The van der Waals surface area contributed by atoms with Crippen LogP contribution in [0.25, 0.3) is 5.57 Å². The number of aromatic hydroxyl groups is 1. The Labute approximate surface area is 205 Å². The van der Waals surface area contributed by atoms with Gasteiger partial charge in [-0.25, -0.2) is 0 Å². The molecule has 6 N–H and O–H groups in total. The summed E-state index contributed by atoms with van der Waals surface area (Å²) in [6.07, 6.45) is -1.56. The zero-order valence-corrected chi connectivity index (χ0v) is 19.0. The zero-order chi connectivity index (χ0) is 25.9. The minimum absolute atomic E-state index is 0.0122. The van der Waals surface area contributed by atoms with Crippen LogP contribution >= 0.6 is 0 Å². The second-order valence-electron chi connectivity index (χ2n) is 9.15. The monoisotopic (exact) mass is 489 g/mol. The third-order valence-electron chi connectivity index (χ3n) is 7.23. The van der Waals surface area contributed by atoms with E-state index in [1.807, 2.05) is 6.07 Å². The highest BCUT2D eigenvalue weighted by atomic mass is 16.5. The van der Waals surface area contributed by atoms with Crippen LogP contribution < -0.4 is 5.73 Å². The smallest absolute Gasteiger partial charge is 0.255 e. The SMILES string of the molecule is C=C1c2cccc(O)c2C(=O)C2=C(O)[C@]3(O)C(=O)C(C(N)=O)=C(O)C[C@@H]3[C@@H](OCc3ccccc3)[C@H]12. The molecule has 2 aromatic carbocycles. The number of aliphatic hydroxyl groups excluding tert-OH is 2. The van der Waals surface area contributed by atoms with Gasteiger partial charge in [0.1, 0.15) is 22.8 Å². The van der Waals surface area contributed by atoms with E-state index in [9.17, 15) is 34.8 Å². The van der Waals surface area contributed by atoms with Gasteiger partial charge >= 0.3 is 0 Å². The van der Waals surface area contributed by atoms with Gasteiger partial charge in [0, 0.05) is 18.3 Å². The number of Topliss-reactive ketones (excluding diaryl/α,β-unsaturated/α-hetero) is 2. The highest BCUT2D eigenvalue weighted by molar-refractivity contribution is 6.25. The van der Waals surface area contributed by atoms with Gasteiger partial charge in [-0.3, -0.25) is 14.4 Å². The Morgan fingerprint density at radius 1 is 1.08 bits per heavy atom. The van der Waals surface area contributed by atoms with Crippen LogP contribution in [0.3, 0.4) is 0 Å². The molecule has 0 fully saturated rings. The van der Waals surface area contributed by atoms with E-state index in [1.54, 1.807) is 30.3 Å². The number of amides is 1. The van der Waals surface area contributed by atoms with Crippen LogP contribution in [-0.4, -0.2) is 49.6 Å². The van der Waals surface area contributed by atoms with Crippen LogP contribution in [0.15, 0.2) is 77.8 Å². The third kappa shape index (κ3) is 3.13. The Bertz CT molecular complexity index is 1410. The van der Waals surface area contributed by atoms with E-state index in [1.165, 1.54) is 12.1 Å². The number of carbonyl (C=O) groups is 3. The first-order valence-corrected chi connectivity index (χ1v) is 11.2. The topological polar surface area (TPSA) is 167 Å². The average Bonchev–Trinajstić information content (AvgIpc) is 2.84. The fraction of sp³-hybridized carbons (Fsp3) is 0.222. The summed E-state index contributed by atoms with van der Waals surface area (Å²) < 4.78 is 6.19. The molecule has 0 bridgehead atoms. The molecule has 3 aliphatic rings. The molecule has 0 heterocycles. The summed E-state index contributed by atoms with van der Waals surface area (Å²) in [5, 5.41) is 43.9. The summed E-state index contributed by atoms with van der Waals surface area (Å²) in [6, 6.07) is 13.4. The first-order chi connectivity index (χ1) is 17.1. The van der Waals surface area contributed by atoms with Crippen molar-refractivity contribution in [3.63, 3.8) is 0 Å². The summed E-state index contributed by atoms with van der Waals surface area (Å²) in [6.45, 7) is 4.11. The van der Waals surface area contributed by atoms with Gasteiger partial charge < -0.3 is 30.9 Å². The highest BCUT2D eigenvalue weighted by Crippen LogP contribution is 2.55. The van der Waals surface area contributed by atoms with Crippen LogP contribution in [-0.2, 0) is 20.9 Å². The van der Waals surface area contributed by atoms with Crippen molar-refractivity contribution >= 4 is 23.0 Å². The van der Waals surface area contributed by atoms with E-state index in [0.29, 0.717) is 11.1 Å². The molecule has 5 rings (SSSR count). The molecule has 0 saturated carbocycles. The van der Waals surface area contributed by atoms with Gasteiger partial charge in [-0.15, -0.1) is 0 Å². The van der Waals surface area contributed by atoms with Crippen molar-refractivity contribution in [2.24, 2.45) is 17.6 Å². The molecule has 36 heavy (non-hydrogen) atoms. The Balaban J connectivity index is 1.73. The average molecular weight is 489 g/mol. The Morgan fingerprint density at radius 3 is 2.44 bits per heavy atom. The molecule has 4 atom stereocenters. The maximum Gasteiger partial charge on any atom is 0.255 e. The lowest BCUT2D eigenvalue weighted by Gasteiger charge is -2.50. The molecule has 3 aliphatic carbocycles. The summed E-state index contributed by atoms with van der Waals surface area (Å²) in [5.74, 6) is -7.71. The predicted octanol–water partition coefficient (Wildman–Crippen LogP) is 2.25. The van der Waals surface area contributed by atoms with Gasteiger partial charge in [0.2, 0.25) is 5.78 Å². The summed E-state index contributed by atoms with van der Waals surface area (Å²) in [5.41, 5.74) is 2.54. The number of phenolic OH excluding ortho intramolecular Hbond substituents is 1. The number of phenols is 1. The third-order valence-corrected chi connectivity index (χ3v) is 7.23. The molecule has 0 saturated heterocycles. The first kappa shape index (κ1) is 23.5. The number of aliphatic hydroxyl groups is 3. The minimum atomic E-state index is -2.78. The van der Waals surface area contributed by atoms with Crippen molar-refractivity contribution in [1.29, 1.82) is 0 Å². The van der Waals surface area contributed by atoms with Gasteiger partial charge in [0.25, 0.3) is 5.91 Å². The number of ketones is 2. The molecule has 0 aliphatic heterocycles. The van der Waals surface area contributed by atoms with Crippen LogP contribution in [0, 0.1) is 11.8 Å². The van der Waals surface area contributed by atoms with E-state index >= 15 is 0 Å². The standard InChI is InChI=1S/C27H23NO8/c1-12-14-8-5-9-16(29)19(14)22(31)21-18(12)23(36-11-13-6-3-2-4-7-13)15-10-17(30)20(26(28)34)24(32)27(15,35)25(21)33/h2-9,15,18,23,29-30,33,35H,1,10-11H2,(H2,28,34)/t15-,18-,23-,27-/m1/s1. The van der Waals surface area contributed by atoms with Crippen LogP contribution in [0.2, 0.25) is 0 Å². The minimum Gasteiger partial charge on any atom is -0.511 e. The molecule has 0 aromatic heterocycles. The lowest BCUT2D eigenvalue weighted by molar-refractivity contribution is -0.158. The number of benzene rings is 2. The van der Waals surface area contributed by atoms with Gasteiger partial charge in [-0.1, -0.05) is 49.0 Å². The van der Waals surface area contributed by atoms with E-state index in [-0.39, 0.29) is 23.5 Å². The molecule has 0 radical (unpaired) electrons. The van der Waals surface area contributed by atoms with E-state index in [0.717, 1.165) is 5.56 Å². The Hall–Kier alpha value is -4.21. The molecule has 9 nitrogen and oxygen atoms in total. The van der Waals surface area contributed by atoms with Crippen LogP contribution in [0.5, 0.6) is 5.75 Å². The van der Waals surface area contributed by atoms with Crippen molar-refractivity contribution in [3.8, 4) is 5.75 Å². The van der Waals surface area contributed by atoms with Gasteiger partial charge in [-0.2, -0.15) is 0 Å². The van der Waals surface area contributed by atoms with Crippen LogP contribution in [0.1, 0.15) is 27.9 Å². The molecule has 184 valence electrons. The normalized spacial score (nSPS) is 27.5. The van der Waals surface area contributed by atoms with Crippen molar-refractivity contribution in [2.45, 2.75) is 24.7 Å². The zero-order valence-electron chi connectivity index (χ0n) is 19.0. The summed E-state index contributed by atoms with van der Waals surface area (Å²) in [4.78, 5) is 38.9. The summed E-state index contributed by atoms with van der Waals surface area (Å²) >= 11 is 0. The second kappa shape index (κ2) is 8.18. The number of primary amides is 1. The number of ether oxygens (including phenoxy) is 1. The van der Waals surface area contributed by atoms with E-state index in [2.05, 4.69) is 6.58 Å². The fourth-order valence-corrected chi connectivity index (χ4v) is 5.54. The number of allylic oxidation sites excluding steroid dienone is 1. The van der Waals surface area contributed by atoms with Crippen molar-refractivity contribution < 1.29 is 39.5 Å². The number of hydrogen-bond donors (Lipinski definition) is 5. The Morgan fingerprint density at radius 2 is 1.78 bits per heavy atom. The van der Waals surface area contributed by atoms with Gasteiger partial charge in [-0.05, 0) is 22.8 Å². The first-order valence-electron chi connectivity index (χ1n) is 11.2. The lowest BCUT2D eigenvalue weighted by atomic mass is 9.57. The molecule has 2 aromatic rings. The molecular weight excluding hydrogens is 466 g/mol. The molecule has 0 spiro atoms. The van der Waals surface area contributed by atoms with E-state index in [4.69, 9.17) is 10.5 Å². The predicted molar refractivity (Wildman–Crippen MR) is 127 cm³/mol. The molecular formula is C27H23NO8. The maximum atomic E-state index is 13.6. The summed E-state index contributed by atoms with van der Waals surface area (Å²) in [7, 11) is 0. The lowest BCUT2D eigenvalue weighted by Crippen LogP contribution is -2.62. The van der Waals surface area contributed by atoms with E-state index < -0.39 is 64.5 Å².